The molecule has 0 aromatic carbocycles. The van der Waals surface area contributed by atoms with Crippen LogP contribution in [0.25, 0.3) is 0 Å². The summed E-state index contributed by atoms with van der Waals surface area (Å²) in [6, 6.07) is -0.324. The van der Waals surface area contributed by atoms with Crippen LogP contribution in [0.15, 0.2) is 15.8 Å². The van der Waals surface area contributed by atoms with Gasteiger partial charge in [-0.15, -0.1) is 0 Å². The summed E-state index contributed by atoms with van der Waals surface area (Å²) in [5.74, 6) is -0.229. The number of carbonyl (C=O) groups excluding carboxylic acids is 1. The van der Waals surface area contributed by atoms with Crippen LogP contribution in [0, 0.1) is 6.92 Å². The summed E-state index contributed by atoms with van der Waals surface area (Å²) >= 11 is 0. The molecule has 3 rings (SSSR count). The zero-order valence-electron chi connectivity index (χ0n) is 10.8. The first-order valence-electron chi connectivity index (χ1n) is 6.40. The van der Waals surface area contributed by atoms with Crippen molar-refractivity contribution < 1.29 is 14.6 Å². The fourth-order valence-corrected chi connectivity index (χ4v) is 2.73. The molecule has 8 nitrogen and oxygen atoms in total. The van der Waals surface area contributed by atoms with Crippen molar-refractivity contribution in [2.24, 2.45) is 0 Å². The van der Waals surface area contributed by atoms with Crippen LogP contribution in [0.5, 0.6) is 0 Å². The van der Waals surface area contributed by atoms with Crippen LogP contribution in [0.3, 0.4) is 0 Å². The Hall–Kier alpha value is -1.93. The molecule has 0 radical (unpaired) electrons. The Kier molecular flexibility index (Phi) is 2.98. The SMILES string of the molecule is Cc1cn([C@H]2C[C@@H]3NC(=O)C[C@@H](O)[C@H]3O2)c(=O)[nH]c1=O. The van der Waals surface area contributed by atoms with E-state index in [1.807, 2.05) is 0 Å². The minimum absolute atomic E-state index is 0.00651. The van der Waals surface area contributed by atoms with Gasteiger partial charge in [0.2, 0.25) is 5.91 Å². The van der Waals surface area contributed by atoms with E-state index in [0.717, 1.165) is 0 Å². The zero-order chi connectivity index (χ0) is 14.4. The maximum Gasteiger partial charge on any atom is 0.330 e. The number of hydrogen-bond donors (Lipinski definition) is 3. The first-order valence-corrected chi connectivity index (χ1v) is 6.40. The molecule has 20 heavy (non-hydrogen) atoms. The average molecular weight is 281 g/mol. The van der Waals surface area contributed by atoms with Crippen molar-refractivity contribution >= 4 is 5.91 Å². The topological polar surface area (TPSA) is 113 Å². The van der Waals surface area contributed by atoms with Crippen molar-refractivity contribution in [3.63, 3.8) is 0 Å². The van der Waals surface area contributed by atoms with Crippen molar-refractivity contribution in [2.75, 3.05) is 0 Å². The molecule has 0 aliphatic carbocycles. The lowest BCUT2D eigenvalue weighted by Gasteiger charge is -2.29. The highest BCUT2D eigenvalue weighted by molar-refractivity contribution is 5.78. The van der Waals surface area contributed by atoms with E-state index in [2.05, 4.69) is 10.3 Å². The molecular weight excluding hydrogens is 266 g/mol. The van der Waals surface area contributed by atoms with Crippen LogP contribution in [-0.2, 0) is 9.53 Å². The third-order valence-electron chi connectivity index (χ3n) is 3.74. The maximum absolute atomic E-state index is 11.8. The monoisotopic (exact) mass is 281 g/mol. The number of carbonyl (C=O) groups is 1. The molecule has 1 aromatic rings. The summed E-state index contributed by atoms with van der Waals surface area (Å²) < 4.78 is 6.95. The smallest absolute Gasteiger partial charge is 0.330 e. The molecular formula is C12H15N3O5. The molecule has 8 heteroatoms. The second kappa shape index (κ2) is 4.57. The summed E-state index contributed by atoms with van der Waals surface area (Å²) in [7, 11) is 0. The predicted molar refractivity (Wildman–Crippen MR) is 67.1 cm³/mol. The summed E-state index contributed by atoms with van der Waals surface area (Å²) in [5.41, 5.74) is -0.604. The van der Waals surface area contributed by atoms with Gasteiger partial charge in [0, 0.05) is 18.2 Å². The van der Waals surface area contributed by atoms with Gasteiger partial charge in [-0.2, -0.15) is 0 Å². The van der Waals surface area contributed by atoms with E-state index < -0.39 is 29.7 Å². The third-order valence-corrected chi connectivity index (χ3v) is 3.74. The first-order chi connectivity index (χ1) is 9.45. The van der Waals surface area contributed by atoms with Gasteiger partial charge >= 0.3 is 5.69 Å². The number of aliphatic hydroxyl groups excluding tert-OH is 1. The van der Waals surface area contributed by atoms with E-state index in [4.69, 9.17) is 4.74 Å². The number of aromatic amines is 1. The summed E-state index contributed by atoms with van der Waals surface area (Å²) in [6.07, 6.45) is -0.222. The number of hydrogen-bond acceptors (Lipinski definition) is 5. The number of aliphatic hydroxyl groups is 1. The second-order valence-electron chi connectivity index (χ2n) is 5.22. The molecule has 0 saturated carbocycles. The second-order valence-corrected chi connectivity index (χ2v) is 5.22. The molecule has 2 aliphatic heterocycles. The number of ether oxygens (including phenoxy) is 1. The predicted octanol–water partition coefficient (Wildman–Crippen LogP) is -1.62. The Bertz CT molecular complexity index is 664. The highest BCUT2D eigenvalue weighted by atomic mass is 16.5. The average Bonchev–Trinajstić information content (AvgIpc) is 2.77. The minimum atomic E-state index is -0.877. The van der Waals surface area contributed by atoms with Gasteiger partial charge in [-0.1, -0.05) is 0 Å². The number of aromatic nitrogens is 2. The van der Waals surface area contributed by atoms with Crippen molar-refractivity contribution in [1.29, 1.82) is 0 Å². The largest absolute Gasteiger partial charge is 0.390 e. The molecule has 1 aromatic heterocycles. The molecule has 108 valence electrons. The van der Waals surface area contributed by atoms with Gasteiger partial charge in [-0.05, 0) is 6.92 Å². The van der Waals surface area contributed by atoms with Gasteiger partial charge in [0.05, 0.1) is 18.6 Å². The van der Waals surface area contributed by atoms with E-state index in [0.29, 0.717) is 12.0 Å². The highest BCUT2D eigenvalue weighted by Gasteiger charge is 2.45. The number of piperidine rings is 1. The molecule has 0 unspecified atom stereocenters. The Morgan fingerprint density at radius 2 is 2.15 bits per heavy atom. The number of fused-ring (bicyclic) bond motifs is 1. The Balaban J connectivity index is 1.91. The lowest BCUT2D eigenvalue weighted by atomic mass is 9.97. The molecule has 1 amide bonds. The molecule has 4 atom stereocenters. The fourth-order valence-electron chi connectivity index (χ4n) is 2.73. The van der Waals surface area contributed by atoms with Gasteiger partial charge in [0.25, 0.3) is 5.56 Å². The highest BCUT2D eigenvalue weighted by Crippen LogP contribution is 2.32. The van der Waals surface area contributed by atoms with Crippen molar-refractivity contribution in [3.8, 4) is 0 Å². The number of amides is 1. The molecule has 2 saturated heterocycles. The number of nitrogens with zero attached hydrogens (tertiary/aromatic N) is 1. The lowest BCUT2D eigenvalue weighted by Crippen LogP contribution is -2.52. The van der Waals surface area contributed by atoms with Gasteiger partial charge in [0.1, 0.15) is 12.3 Å². The normalized spacial score (nSPS) is 32.8. The fraction of sp³-hybridized carbons (Fsp3) is 0.583. The first kappa shape index (κ1) is 13.1. The van der Waals surface area contributed by atoms with E-state index in [1.54, 1.807) is 6.92 Å². The lowest BCUT2D eigenvalue weighted by molar-refractivity contribution is -0.134. The molecule has 0 spiro atoms. The molecule has 3 N–H and O–H groups in total. The van der Waals surface area contributed by atoms with Crippen LogP contribution >= 0.6 is 0 Å². The maximum atomic E-state index is 11.8. The van der Waals surface area contributed by atoms with E-state index in [9.17, 15) is 19.5 Å². The standard InChI is InChI=1S/C12H15N3O5/c1-5-4-15(12(19)14-11(5)18)9-2-6-10(20-9)7(16)3-8(17)13-6/h4,6-7,9-10,16H,2-3H2,1H3,(H,13,17)(H,14,18,19)/t6-,7+,9+,10-/m0/s1. The van der Waals surface area contributed by atoms with Crippen molar-refractivity contribution in [1.82, 2.24) is 14.9 Å². The molecule has 2 aliphatic rings. The van der Waals surface area contributed by atoms with Crippen molar-refractivity contribution in [3.05, 3.63) is 32.6 Å². The zero-order valence-corrected chi connectivity index (χ0v) is 10.8. The van der Waals surface area contributed by atoms with Gasteiger partial charge in [-0.25, -0.2) is 4.79 Å². The minimum Gasteiger partial charge on any atom is -0.390 e. The van der Waals surface area contributed by atoms with Crippen LogP contribution in [0.1, 0.15) is 24.6 Å². The van der Waals surface area contributed by atoms with Gasteiger partial charge in [-0.3, -0.25) is 19.1 Å². The van der Waals surface area contributed by atoms with Gasteiger partial charge < -0.3 is 15.2 Å². The van der Waals surface area contributed by atoms with Crippen molar-refractivity contribution in [2.45, 2.75) is 44.2 Å². The van der Waals surface area contributed by atoms with Crippen LogP contribution in [0.4, 0.5) is 0 Å². The summed E-state index contributed by atoms with van der Waals surface area (Å²) in [5, 5.41) is 12.6. The Morgan fingerprint density at radius 3 is 2.90 bits per heavy atom. The number of nitrogens with one attached hydrogen (secondary N) is 2. The van der Waals surface area contributed by atoms with Crippen LogP contribution < -0.4 is 16.6 Å². The summed E-state index contributed by atoms with van der Waals surface area (Å²) in [6.45, 7) is 1.59. The summed E-state index contributed by atoms with van der Waals surface area (Å²) in [4.78, 5) is 36.7. The molecule has 2 fully saturated rings. The number of H-pyrrole nitrogens is 1. The number of rotatable bonds is 1. The Labute approximate surface area is 113 Å². The van der Waals surface area contributed by atoms with Crippen LogP contribution in [-0.4, -0.2) is 38.8 Å². The number of aryl methyl sites for hydroxylation is 1. The third kappa shape index (κ3) is 2.06. The van der Waals surface area contributed by atoms with Crippen LogP contribution in [0.2, 0.25) is 0 Å². The van der Waals surface area contributed by atoms with E-state index >= 15 is 0 Å². The molecule has 3 heterocycles. The van der Waals surface area contributed by atoms with E-state index in [1.165, 1.54) is 10.8 Å². The molecule has 0 bridgehead atoms. The quantitative estimate of drug-likeness (QED) is 0.572. The van der Waals surface area contributed by atoms with Gasteiger partial charge in [0.15, 0.2) is 0 Å². The Morgan fingerprint density at radius 1 is 1.40 bits per heavy atom. The van der Waals surface area contributed by atoms with E-state index in [-0.39, 0.29) is 18.4 Å².